The first-order valence-corrected chi connectivity index (χ1v) is 11.4. The van der Waals surface area contributed by atoms with Crippen LogP contribution in [-0.4, -0.2) is 43.4 Å². The van der Waals surface area contributed by atoms with Crippen LogP contribution in [0.2, 0.25) is 10.0 Å². The number of hydrogen-bond acceptors (Lipinski definition) is 5. The smallest absolute Gasteiger partial charge is 0.261 e. The first-order valence-electron chi connectivity index (χ1n) is 7.94. The second kappa shape index (κ2) is 8.17. The minimum absolute atomic E-state index is 0.00812. The van der Waals surface area contributed by atoms with E-state index < -0.39 is 9.84 Å². The van der Waals surface area contributed by atoms with E-state index in [1.165, 1.54) is 17.4 Å². The number of benzene rings is 1. The molecule has 5 nitrogen and oxygen atoms in total. The van der Waals surface area contributed by atoms with Gasteiger partial charge in [-0.05, 0) is 36.1 Å². The van der Waals surface area contributed by atoms with Gasteiger partial charge < -0.3 is 9.64 Å². The zero-order chi connectivity index (χ0) is 18.7. The van der Waals surface area contributed by atoms with Crippen LogP contribution in [0.3, 0.4) is 0 Å². The van der Waals surface area contributed by atoms with Gasteiger partial charge in [-0.3, -0.25) is 4.79 Å². The fraction of sp³-hybridized carbons (Fsp3) is 0.353. The van der Waals surface area contributed by atoms with Crippen LogP contribution in [0.25, 0.3) is 0 Å². The minimum Gasteiger partial charge on any atom is -0.482 e. The predicted octanol–water partition coefficient (Wildman–Crippen LogP) is 3.65. The van der Waals surface area contributed by atoms with Gasteiger partial charge in [0.25, 0.3) is 5.91 Å². The topological polar surface area (TPSA) is 63.7 Å². The molecule has 0 bridgehead atoms. The molecular weight excluding hydrogens is 417 g/mol. The number of sulfone groups is 1. The molecule has 26 heavy (non-hydrogen) atoms. The van der Waals surface area contributed by atoms with Crippen LogP contribution in [0.5, 0.6) is 5.75 Å². The van der Waals surface area contributed by atoms with Crippen molar-refractivity contribution < 1.29 is 17.9 Å². The summed E-state index contributed by atoms with van der Waals surface area (Å²) in [7, 11) is -3.10. The molecule has 0 aliphatic carbocycles. The number of thiophene rings is 1. The Balaban J connectivity index is 1.71. The summed E-state index contributed by atoms with van der Waals surface area (Å²) in [5, 5.41) is 2.72. The molecule has 1 fully saturated rings. The number of hydrogen-bond donors (Lipinski definition) is 0. The van der Waals surface area contributed by atoms with E-state index in [2.05, 4.69) is 0 Å². The summed E-state index contributed by atoms with van der Waals surface area (Å²) in [5.41, 5.74) is 0. The summed E-state index contributed by atoms with van der Waals surface area (Å²) >= 11 is 13.4. The molecule has 9 heteroatoms. The van der Waals surface area contributed by atoms with E-state index in [0.29, 0.717) is 28.8 Å². The summed E-state index contributed by atoms with van der Waals surface area (Å²) in [6.45, 7) is 0.150. The number of halogens is 2. The minimum atomic E-state index is -3.10. The molecule has 0 unspecified atom stereocenters. The van der Waals surface area contributed by atoms with Gasteiger partial charge in [-0.15, -0.1) is 11.3 Å². The van der Waals surface area contributed by atoms with Crippen LogP contribution < -0.4 is 4.74 Å². The van der Waals surface area contributed by atoms with Crippen LogP contribution in [0, 0.1) is 0 Å². The van der Waals surface area contributed by atoms with Crippen molar-refractivity contribution in [2.75, 3.05) is 18.1 Å². The molecule has 0 radical (unpaired) electrons. The number of carbonyl (C=O) groups excluding carboxylic acids is 1. The largest absolute Gasteiger partial charge is 0.482 e. The first kappa shape index (κ1) is 19.5. The molecule has 2 aromatic rings. The Morgan fingerprint density at radius 1 is 1.31 bits per heavy atom. The molecule has 1 aromatic heterocycles. The molecule has 1 aliphatic rings. The fourth-order valence-corrected chi connectivity index (χ4v) is 5.72. The summed E-state index contributed by atoms with van der Waals surface area (Å²) < 4.78 is 29.2. The Morgan fingerprint density at radius 3 is 2.73 bits per heavy atom. The van der Waals surface area contributed by atoms with E-state index >= 15 is 0 Å². The van der Waals surface area contributed by atoms with Crippen molar-refractivity contribution in [2.24, 2.45) is 0 Å². The highest BCUT2D eigenvalue weighted by Gasteiger charge is 2.35. The molecule has 1 aromatic carbocycles. The lowest BCUT2D eigenvalue weighted by Crippen LogP contribution is -2.42. The number of rotatable bonds is 6. The third-order valence-electron chi connectivity index (χ3n) is 4.12. The molecule has 0 saturated carbocycles. The maximum atomic E-state index is 12.8. The van der Waals surface area contributed by atoms with Gasteiger partial charge in [0.05, 0.1) is 23.1 Å². The summed E-state index contributed by atoms with van der Waals surface area (Å²) in [4.78, 5) is 15.4. The Labute approximate surface area is 166 Å². The van der Waals surface area contributed by atoms with Gasteiger partial charge in [-0.1, -0.05) is 29.3 Å². The Bertz CT molecular complexity index is 884. The monoisotopic (exact) mass is 433 g/mol. The van der Waals surface area contributed by atoms with Gasteiger partial charge in [0.2, 0.25) is 0 Å². The van der Waals surface area contributed by atoms with Gasteiger partial charge in [-0.2, -0.15) is 0 Å². The van der Waals surface area contributed by atoms with Crippen LogP contribution in [0.1, 0.15) is 11.3 Å². The first-order chi connectivity index (χ1) is 12.3. The van der Waals surface area contributed by atoms with Crippen molar-refractivity contribution in [1.82, 2.24) is 4.90 Å². The number of ether oxygens (including phenoxy) is 1. The van der Waals surface area contributed by atoms with E-state index in [1.807, 2.05) is 17.5 Å². The number of carbonyl (C=O) groups is 1. The summed E-state index contributed by atoms with van der Waals surface area (Å²) in [5.74, 6) is 0.188. The Morgan fingerprint density at radius 2 is 2.12 bits per heavy atom. The standard InChI is InChI=1S/C17H17Cl2NO4S2/c18-12-3-4-16(15(19)8-12)24-10-17(21)20(9-14-2-1-6-25-14)13-5-7-26(22,23)11-13/h1-4,6,8,13H,5,7,9-11H2/t13-/m0/s1. The molecule has 3 rings (SSSR count). The van der Waals surface area contributed by atoms with Crippen LogP contribution in [0.15, 0.2) is 35.7 Å². The lowest BCUT2D eigenvalue weighted by Gasteiger charge is -2.28. The predicted molar refractivity (Wildman–Crippen MR) is 104 cm³/mol. The lowest BCUT2D eigenvalue weighted by molar-refractivity contribution is -0.135. The van der Waals surface area contributed by atoms with Crippen molar-refractivity contribution in [3.8, 4) is 5.75 Å². The van der Waals surface area contributed by atoms with E-state index in [4.69, 9.17) is 27.9 Å². The van der Waals surface area contributed by atoms with E-state index in [0.717, 1.165) is 4.88 Å². The average molecular weight is 434 g/mol. The highest BCUT2D eigenvalue weighted by Crippen LogP contribution is 2.28. The SMILES string of the molecule is O=C(COc1ccc(Cl)cc1Cl)N(Cc1cccs1)[C@H]1CCS(=O)(=O)C1. The van der Waals surface area contributed by atoms with E-state index in [1.54, 1.807) is 17.0 Å². The summed E-state index contributed by atoms with van der Waals surface area (Å²) in [6.07, 6.45) is 0.446. The van der Waals surface area contributed by atoms with Crippen molar-refractivity contribution in [2.45, 2.75) is 19.0 Å². The van der Waals surface area contributed by atoms with Crippen LogP contribution >= 0.6 is 34.5 Å². The average Bonchev–Trinajstić information content (AvgIpc) is 3.20. The van der Waals surface area contributed by atoms with Crippen LogP contribution in [-0.2, 0) is 21.2 Å². The third kappa shape index (κ3) is 4.91. The molecular formula is C17H17Cl2NO4S2. The van der Waals surface area contributed by atoms with Crippen molar-refractivity contribution >= 4 is 50.3 Å². The zero-order valence-electron chi connectivity index (χ0n) is 13.7. The molecule has 0 N–H and O–H groups in total. The van der Waals surface area contributed by atoms with Gasteiger partial charge >= 0.3 is 0 Å². The molecule has 140 valence electrons. The lowest BCUT2D eigenvalue weighted by atomic mass is 10.2. The molecule has 1 saturated heterocycles. The molecule has 1 aliphatic heterocycles. The normalized spacial score (nSPS) is 18.6. The fourth-order valence-electron chi connectivity index (χ4n) is 2.83. The number of nitrogens with zero attached hydrogens (tertiary/aromatic N) is 1. The van der Waals surface area contributed by atoms with E-state index in [9.17, 15) is 13.2 Å². The van der Waals surface area contributed by atoms with Gasteiger partial charge in [0.15, 0.2) is 16.4 Å². The third-order valence-corrected chi connectivity index (χ3v) is 7.26. The second-order valence-electron chi connectivity index (χ2n) is 6.02. The Hall–Kier alpha value is -1.28. The zero-order valence-corrected chi connectivity index (χ0v) is 16.9. The maximum Gasteiger partial charge on any atom is 0.261 e. The van der Waals surface area contributed by atoms with Gasteiger partial charge in [0, 0.05) is 15.9 Å². The molecule has 1 amide bonds. The van der Waals surface area contributed by atoms with Crippen LogP contribution in [0.4, 0.5) is 0 Å². The molecule has 2 heterocycles. The van der Waals surface area contributed by atoms with Gasteiger partial charge in [0.1, 0.15) is 5.75 Å². The summed E-state index contributed by atoms with van der Waals surface area (Å²) in [6, 6.07) is 8.25. The highest BCUT2D eigenvalue weighted by atomic mass is 35.5. The van der Waals surface area contributed by atoms with Crippen molar-refractivity contribution in [3.05, 3.63) is 50.6 Å². The highest BCUT2D eigenvalue weighted by molar-refractivity contribution is 7.91. The second-order valence-corrected chi connectivity index (χ2v) is 10.1. The van der Waals surface area contributed by atoms with Gasteiger partial charge in [-0.25, -0.2) is 8.42 Å². The maximum absolute atomic E-state index is 12.8. The van der Waals surface area contributed by atoms with Crippen molar-refractivity contribution in [3.63, 3.8) is 0 Å². The quantitative estimate of drug-likeness (QED) is 0.697. The molecule has 0 spiro atoms. The number of amides is 1. The Kier molecular flexibility index (Phi) is 6.12. The molecule has 1 atom stereocenters. The van der Waals surface area contributed by atoms with E-state index in [-0.39, 0.29) is 30.1 Å². The van der Waals surface area contributed by atoms with Crippen molar-refractivity contribution in [1.29, 1.82) is 0 Å².